The fraction of sp³-hybridized carbons (Fsp3) is 1.00. The van der Waals surface area contributed by atoms with Gasteiger partial charge in [-0.2, -0.15) is 0 Å². The van der Waals surface area contributed by atoms with E-state index < -0.39 is 0 Å². The molecule has 44 valence electrons. The first kappa shape index (κ1) is 3.92. The molecule has 0 heterocycles. The molecule has 0 saturated heterocycles. The molecule has 0 radical (unpaired) electrons. The van der Waals surface area contributed by atoms with Gasteiger partial charge in [0.25, 0.3) is 0 Å². The zero-order chi connectivity index (χ0) is 5.41. The van der Waals surface area contributed by atoms with Crippen LogP contribution in [0.2, 0.25) is 0 Å². The second-order valence-electron chi connectivity index (χ2n) is 4.06. The van der Waals surface area contributed by atoms with Crippen LogP contribution in [0.4, 0.5) is 0 Å². The Morgan fingerprint density at radius 2 is 1.88 bits per heavy atom. The van der Waals surface area contributed by atoms with Crippen LogP contribution in [0.5, 0.6) is 0 Å². The third-order valence-corrected chi connectivity index (χ3v) is 4.32. The molecule has 3 aliphatic carbocycles. The highest BCUT2D eigenvalue weighted by molar-refractivity contribution is 5.37. The summed E-state index contributed by atoms with van der Waals surface area (Å²) in [5.74, 6) is 1.14. The Hall–Kier alpha value is 0. The van der Waals surface area contributed by atoms with Gasteiger partial charge in [-0.15, -0.1) is 0 Å². The van der Waals surface area contributed by atoms with Crippen LogP contribution >= 0.6 is 0 Å². The van der Waals surface area contributed by atoms with Crippen molar-refractivity contribution >= 4 is 0 Å². The molecule has 2 unspecified atom stereocenters. The van der Waals surface area contributed by atoms with E-state index in [1.807, 2.05) is 0 Å². The molecular formula is C8H12. The Labute approximate surface area is 50.3 Å². The minimum Gasteiger partial charge on any atom is -0.0614 e. The Morgan fingerprint density at radius 1 is 1.25 bits per heavy atom. The van der Waals surface area contributed by atoms with E-state index in [-0.39, 0.29) is 0 Å². The second kappa shape index (κ2) is 0.698. The summed E-state index contributed by atoms with van der Waals surface area (Å²) >= 11 is 0. The van der Waals surface area contributed by atoms with Gasteiger partial charge >= 0.3 is 0 Å². The number of hydrogen-bond donors (Lipinski definition) is 0. The molecule has 3 fully saturated rings. The van der Waals surface area contributed by atoms with E-state index in [0.29, 0.717) is 0 Å². The maximum atomic E-state index is 2.45. The molecule has 0 heteroatoms. The summed E-state index contributed by atoms with van der Waals surface area (Å²) in [4.78, 5) is 0. The zero-order valence-corrected chi connectivity index (χ0v) is 5.41. The molecule has 2 atom stereocenters. The first-order valence-electron chi connectivity index (χ1n) is 3.82. The van der Waals surface area contributed by atoms with Crippen LogP contribution in [-0.4, -0.2) is 0 Å². The smallest absolute Gasteiger partial charge is 0.0201 e. The van der Waals surface area contributed by atoms with Crippen LogP contribution in [0, 0.1) is 16.7 Å². The van der Waals surface area contributed by atoms with Gasteiger partial charge in [0.15, 0.2) is 0 Å². The Balaban J connectivity index is 2.08. The normalized spacial score (nSPS) is 73.9. The van der Waals surface area contributed by atoms with Crippen LogP contribution in [0.1, 0.15) is 32.6 Å². The van der Waals surface area contributed by atoms with E-state index >= 15 is 0 Å². The maximum Gasteiger partial charge on any atom is -0.0201 e. The summed E-state index contributed by atoms with van der Waals surface area (Å²) in [6.45, 7) is 2.45. The molecule has 0 amide bonds. The quantitative estimate of drug-likeness (QED) is 0.446. The fourth-order valence-corrected chi connectivity index (χ4v) is 3.51. The number of hydrogen-bond acceptors (Lipinski definition) is 0. The molecule has 0 aromatic carbocycles. The van der Waals surface area contributed by atoms with Crippen molar-refractivity contribution in [1.29, 1.82) is 0 Å². The van der Waals surface area contributed by atoms with Gasteiger partial charge in [0.1, 0.15) is 0 Å². The molecule has 3 rings (SSSR count). The molecular weight excluding hydrogens is 96.1 g/mol. The van der Waals surface area contributed by atoms with Crippen LogP contribution in [-0.2, 0) is 0 Å². The molecule has 0 aromatic heterocycles. The molecule has 0 bridgehead atoms. The molecule has 0 aromatic rings. The summed E-state index contributed by atoms with van der Waals surface area (Å²) in [6, 6.07) is 0. The summed E-state index contributed by atoms with van der Waals surface area (Å²) in [5, 5.41) is 0. The van der Waals surface area contributed by atoms with E-state index in [2.05, 4.69) is 6.92 Å². The van der Waals surface area contributed by atoms with Crippen molar-refractivity contribution < 1.29 is 0 Å². The highest BCUT2D eigenvalue weighted by Gasteiger charge is 2.89. The summed E-state index contributed by atoms with van der Waals surface area (Å²) in [7, 11) is 0. The highest BCUT2D eigenvalue weighted by atomic mass is 14.9. The Bertz CT molecular complexity index is 145. The van der Waals surface area contributed by atoms with E-state index in [1.165, 1.54) is 0 Å². The first-order chi connectivity index (χ1) is 3.82. The molecule has 0 N–H and O–H groups in total. The van der Waals surface area contributed by atoms with E-state index in [1.54, 1.807) is 25.7 Å². The van der Waals surface area contributed by atoms with Crippen molar-refractivity contribution in [3.05, 3.63) is 0 Å². The molecule has 0 nitrogen and oxygen atoms in total. The summed E-state index contributed by atoms with van der Waals surface area (Å²) in [6.07, 6.45) is 6.31. The topological polar surface area (TPSA) is 0 Å². The van der Waals surface area contributed by atoms with Gasteiger partial charge < -0.3 is 0 Å². The Kier molecular flexibility index (Phi) is 0.342. The van der Waals surface area contributed by atoms with Gasteiger partial charge in [0, 0.05) is 0 Å². The third-order valence-electron chi connectivity index (χ3n) is 4.32. The van der Waals surface area contributed by atoms with Gasteiger partial charge in [-0.25, -0.2) is 0 Å². The minimum atomic E-state index is 0.965. The average Bonchev–Trinajstić information content (AvgIpc) is 2.48. The molecule has 3 saturated carbocycles. The molecule has 3 aliphatic rings. The Morgan fingerprint density at radius 3 is 2.12 bits per heavy atom. The number of rotatable bonds is 0. The lowest BCUT2D eigenvalue weighted by Gasteiger charge is -2.12. The van der Waals surface area contributed by atoms with Crippen molar-refractivity contribution in [2.75, 3.05) is 0 Å². The lowest BCUT2D eigenvalue weighted by Crippen LogP contribution is -2.02. The molecule has 0 aliphatic heterocycles. The predicted octanol–water partition coefficient (Wildman–Crippen LogP) is 2.20. The van der Waals surface area contributed by atoms with Crippen molar-refractivity contribution in [3.8, 4) is 0 Å². The largest absolute Gasteiger partial charge is 0.0614 e. The van der Waals surface area contributed by atoms with Crippen molar-refractivity contribution in [1.82, 2.24) is 0 Å². The van der Waals surface area contributed by atoms with E-state index in [9.17, 15) is 0 Å². The van der Waals surface area contributed by atoms with Crippen molar-refractivity contribution in [2.45, 2.75) is 32.6 Å². The third kappa shape index (κ3) is 0.156. The lowest BCUT2D eigenvalue weighted by atomic mass is 9.92. The predicted molar refractivity (Wildman–Crippen MR) is 32.5 cm³/mol. The fourth-order valence-electron chi connectivity index (χ4n) is 3.51. The minimum absolute atomic E-state index is 0.965. The maximum absolute atomic E-state index is 2.45. The monoisotopic (exact) mass is 108 g/mol. The standard InChI is InChI=1S/C8H12/c1-6-7-3-2-4-8(6,7)5-7/h6H,2-5H2,1H3. The molecule has 8 heavy (non-hydrogen) atoms. The van der Waals surface area contributed by atoms with Crippen LogP contribution in [0.3, 0.4) is 0 Å². The summed E-state index contributed by atoms with van der Waals surface area (Å²) < 4.78 is 0. The van der Waals surface area contributed by atoms with Gasteiger partial charge in [0.2, 0.25) is 0 Å². The lowest BCUT2D eigenvalue weighted by molar-refractivity contribution is 0.381. The SMILES string of the molecule is CC1C23CCCC12C3. The van der Waals surface area contributed by atoms with Crippen LogP contribution < -0.4 is 0 Å². The van der Waals surface area contributed by atoms with Gasteiger partial charge in [-0.3, -0.25) is 0 Å². The summed E-state index contributed by atoms with van der Waals surface area (Å²) in [5.41, 5.74) is 1.93. The van der Waals surface area contributed by atoms with E-state index in [0.717, 1.165) is 16.7 Å². The van der Waals surface area contributed by atoms with Gasteiger partial charge in [-0.1, -0.05) is 13.3 Å². The van der Waals surface area contributed by atoms with Gasteiger partial charge in [-0.05, 0) is 36.0 Å². The van der Waals surface area contributed by atoms with Gasteiger partial charge in [0.05, 0.1) is 0 Å². The van der Waals surface area contributed by atoms with E-state index in [4.69, 9.17) is 0 Å². The zero-order valence-electron chi connectivity index (χ0n) is 5.41. The van der Waals surface area contributed by atoms with Crippen LogP contribution in [0.15, 0.2) is 0 Å². The van der Waals surface area contributed by atoms with Crippen molar-refractivity contribution in [3.63, 3.8) is 0 Å². The molecule has 0 spiro atoms. The average molecular weight is 108 g/mol. The first-order valence-corrected chi connectivity index (χ1v) is 3.82. The highest BCUT2D eigenvalue weighted by Crippen LogP contribution is 2.96. The van der Waals surface area contributed by atoms with Crippen LogP contribution in [0.25, 0.3) is 0 Å². The second-order valence-corrected chi connectivity index (χ2v) is 4.06. The van der Waals surface area contributed by atoms with Crippen molar-refractivity contribution in [2.24, 2.45) is 16.7 Å².